The van der Waals surface area contributed by atoms with Crippen LogP contribution in [0.25, 0.3) is 0 Å². The molecule has 0 aliphatic carbocycles. The van der Waals surface area contributed by atoms with E-state index in [9.17, 15) is 45.6 Å². The summed E-state index contributed by atoms with van der Waals surface area (Å²) in [7, 11) is 0. The number of allylic oxidation sites excluding steroid dienone is 3. The third kappa shape index (κ3) is 17.7. The molecule has 2 aliphatic heterocycles. The number of unbranched alkanes of at least 4 members (excludes halogenated alkanes) is 14. The van der Waals surface area contributed by atoms with E-state index in [0.29, 0.717) is 12.8 Å². The first kappa shape index (κ1) is 48.6. The summed E-state index contributed by atoms with van der Waals surface area (Å²) in [6.45, 7) is 2.62. The molecule has 9 N–H and O–H groups in total. The lowest BCUT2D eigenvalue weighted by atomic mass is 9.97. The molecule has 12 atom stereocenters. The van der Waals surface area contributed by atoms with Crippen LogP contribution in [-0.4, -0.2) is 140 Å². The van der Waals surface area contributed by atoms with Gasteiger partial charge in [-0.25, -0.2) is 0 Å². The highest BCUT2D eigenvalue weighted by atomic mass is 16.7. The Hall–Kier alpha value is -1.53. The molecule has 12 unspecified atom stereocenters. The van der Waals surface area contributed by atoms with Crippen molar-refractivity contribution in [2.24, 2.45) is 0 Å². The Morgan fingerprint density at radius 2 is 1.19 bits per heavy atom. The standard InChI is InChI=1S/C40H73NO13/c1-3-5-7-9-10-11-12-13-14-15-16-17-18-20-21-23-29(44)28(41-32(45)24-22-19-8-6-4-2)27-51-39-37(50)35(48)38(31(26-43)53-39)54-40-36(49)34(47)33(46)30(25-42)52-40/h16-17,21,23,28-31,33-40,42-44,46-50H,3-15,18-20,22,24-27H2,1-2H3,(H,41,45)/b17-16+,23-21+. The molecule has 0 spiro atoms. The first-order valence-corrected chi connectivity index (χ1v) is 20.6. The van der Waals surface area contributed by atoms with E-state index in [1.165, 1.54) is 57.8 Å². The summed E-state index contributed by atoms with van der Waals surface area (Å²) in [5.41, 5.74) is 0. The van der Waals surface area contributed by atoms with Gasteiger partial charge in [0, 0.05) is 6.42 Å². The third-order valence-electron chi connectivity index (χ3n) is 10.1. The lowest BCUT2D eigenvalue weighted by Crippen LogP contribution is -2.65. The quantitative estimate of drug-likeness (QED) is 0.0394. The molecule has 0 aromatic rings. The Bertz CT molecular complexity index is 1010. The van der Waals surface area contributed by atoms with E-state index in [1.54, 1.807) is 6.08 Å². The van der Waals surface area contributed by atoms with Gasteiger partial charge in [0.1, 0.15) is 48.8 Å². The van der Waals surface area contributed by atoms with Crippen molar-refractivity contribution < 1.29 is 64.6 Å². The van der Waals surface area contributed by atoms with Crippen molar-refractivity contribution in [3.63, 3.8) is 0 Å². The van der Waals surface area contributed by atoms with Crippen LogP contribution in [0.3, 0.4) is 0 Å². The maximum Gasteiger partial charge on any atom is 0.220 e. The van der Waals surface area contributed by atoms with Crippen LogP contribution in [-0.2, 0) is 23.7 Å². The van der Waals surface area contributed by atoms with Gasteiger partial charge >= 0.3 is 0 Å². The van der Waals surface area contributed by atoms with E-state index in [-0.39, 0.29) is 18.9 Å². The molecule has 2 aliphatic rings. The molecule has 316 valence electrons. The van der Waals surface area contributed by atoms with E-state index >= 15 is 0 Å². The van der Waals surface area contributed by atoms with E-state index in [2.05, 4.69) is 31.3 Å². The second-order valence-corrected chi connectivity index (χ2v) is 14.8. The molecular formula is C40H73NO13. The van der Waals surface area contributed by atoms with Crippen molar-refractivity contribution in [1.29, 1.82) is 0 Å². The zero-order valence-corrected chi connectivity index (χ0v) is 32.7. The van der Waals surface area contributed by atoms with Crippen LogP contribution >= 0.6 is 0 Å². The molecule has 2 fully saturated rings. The van der Waals surface area contributed by atoms with Crippen LogP contribution in [0.1, 0.15) is 129 Å². The fourth-order valence-corrected chi connectivity index (χ4v) is 6.66. The van der Waals surface area contributed by atoms with Crippen LogP contribution < -0.4 is 5.32 Å². The van der Waals surface area contributed by atoms with Gasteiger partial charge in [-0.2, -0.15) is 0 Å². The highest BCUT2D eigenvalue weighted by Crippen LogP contribution is 2.29. The summed E-state index contributed by atoms with van der Waals surface area (Å²) in [4.78, 5) is 12.9. The van der Waals surface area contributed by atoms with Gasteiger partial charge in [-0.15, -0.1) is 0 Å². The number of nitrogens with one attached hydrogen (secondary N) is 1. The summed E-state index contributed by atoms with van der Waals surface area (Å²) in [5.74, 6) is -0.265. The predicted molar refractivity (Wildman–Crippen MR) is 203 cm³/mol. The van der Waals surface area contributed by atoms with E-state index in [4.69, 9.17) is 18.9 Å². The zero-order valence-electron chi connectivity index (χ0n) is 32.7. The summed E-state index contributed by atoms with van der Waals surface area (Å²) in [5, 5.41) is 85.9. The van der Waals surface area contributed by atoms with Gasteiger partial charge in [0.25, 0.3) is 0 Å². The number of amides is 1. The average Bonchev–Trinajstić information content (AvgIpc) is 3.17. The van der Waals surface area contributed by atoms with Crippen molar-refractivity contribution >= 4 is 5.91 Å². The van der Waals surface area contributed by atoms with Crippen LogP contribution in [0.15, 0.2) is 24.3 Å². The molecule has 2 saturated heterocycles. The van der Waals surface area contributed by atoms with Crippen LogP contribution in [0, 0.1) is 0 Å². The number of rotatable bonds is 29. The Morgan fingerprint density at radius 3 is 1.81 bits per heavy atom. The number of hydrogen-bond acceptors (Lipinski definition) is 13. The normalized spacial score (nSPS) is 30.3. The van der Waals surface area contributed by atoms with Gasteiger partial charge in [0.15, 0.2) is 12.6 Å². The summed E-state index contributed by atoms with van der Waals surface area (Å²) in [6, 6.07) is -0.921. The first-order valence-electron chi connectivity index (χ1n) is 20.6. The second-order valence-electron chi connectivity index (χ2n) is 14.8. The number of hydrogen-bond donors (Lipinski definition) is 9. The number of carbonyl (C=O) groups excluding carboxylic acids is 1. The predicted octanol–water partition coefficient (Wildman–Crippen LogP) is 2.65. The summed E-state index contributed by atoms with van der Waals surface area (Å²) >= 11 is 0. The molecule has 14 heteroatoms. The molecule has 14 nitrogen and oxygen atoms in total. The Kier molecular flexibility index (Phi) is 25.9. The lowest BCUT2D eigenvalue weighted by Gasteiger charge is -2.46. The van der Waals surface area contributed by atoms with Crippen molar-refractivity contribution in [2.45, 2.75) is 203 Å². The SMILES string of the molecule is CCCCCCCCCCC/C=C/CC/C=C/C(O)C(COC1OC(CO)C(OC2OC(CO)C(O)C(O)C2O)C(O)C1O)NC(=O)CCCCCCC. The van der Waals surface area contributed by atoms with Gasteiger partial charge in [-0.3, -0.25) is 4.79 Å². The van der Waals surface area contributed by atoms with Gasteiger partial charge in [-0.05, 0) is 32.1 Å². The molecule has 2 rings (SSSR count). The van der Waals surface area contributed by atoms with E-state index in [0.717, 1.165) is 38.5 Å². The Balaban J connectivity index is 1.92. The van der Waals surface area contributed by atoms with Crippen molar-refractivity contribution in [3.8, 4) is 0 Å². The van der Waals surface area contributed by atoms with Crippen LogP contribution in [0.5, 0.6) is 0 Å². The monoisotopic (exact) mass is 776 g/mol. The van der Waals surface area contributed by atoms with Gasteiger partial charge < -0.3 is 65.1 Å². The van der Waals surface area contributed by atoms with Gasteiger partial charge in [-0.1, -0.05) is 115 Å². The summed E-state index contributed by atoms with van der Waals surface area (Å²) in [6.07, 6.45) is 10.1. The Morgan fingerprint density at radius 1 is 0.648 bits per heavy atom. The number of aliphatic hydroxyl groups is 8. The van der Waals surface area contributed by atoms with E-state index in [1.807, 2.05) is 6.08 Å². The molecule has 0 radical (unpaired) electrons. The minimum absolute atomic E-state index is 0.265. The van der Waals surface area contributed by atoms with Crippen molar-refractivity contribution in [3.05, 3.63) is 24.3 Å². The minimum atomic E-state index is -1.79. The molecular weight excluding hydrogens is 702 g/mol. The molecule has 1 amide bonds. The maximum atomic E-state index is 12.9. The van der Waals surface area contributed by atoms with Crippen LogP contribution in [0.4, 0.5) is 0 Å². The third-order valence-corrected chi connectivity index (χ3v) is 10.1. The maximum absolute atomic E-state index is 12.9. The minimum Gasteiger partial charge on any atom is -0.394 e. The first-order chi connectivity index (χ1) is 26.1. The highest BCUT2D eigenvalue weighted by molar-refractivity contribution is 5.76. The second kappa shape index (κ2) is 28.8. The molecule has 0 bridgehead atoms. The van der Waals surface area contributed by atoms with E-state index < -0.39 is 86.8 Å². The largest absolute Gasteiger partial charge is 0.394 e. The number of carbonyl (C=O) groups is 1. The summed E-state index contributed by atoms with van der Waals surface area (Å²) < 4.78 is 22.5. The smallest absolute Gasteiger partial charge is 0.220 e. The number of ether oxygens (including phenoxy) is 4. The topological polar surface area (TPSA) is 228 Å². The van der Waals surface area contributed by atoms with Crippen molar-refractivity contribution in [1.82, 2.24) is 5.32 Å². The van der Waals surface area contributed by atoms with Gasteiger partial charge in [0.05, 0.1) is 32.0 Å². The van der Waals surface area contributed by atoms with Crippen LogP contribution in [0.2, 0.25) is 0 Å². The molecule has 54 heavy (non-hydrogen) atoms. The Labute approximate surface area is 322 Å². The van der Waals surface area contributed by atoms with Gasteiger partial charge in [0.2, 0.25) is 5.91 Å². The molecule has 0 saturated carbocycles. The fourth-order valence-electron chi connectivity index (χ4n) is 6.66. The molecule has 2 heterocycles. The highest BCUT2D eigenvalue weighted by Gasteiger charge is 2.50. The van der Waals surface area contributed by atoms with Crippen molar-refractivity contribution in [2.75, 3.05) is 19.8 Å². The average molecular weight is 776 g/mol. The molecule has 0 aromatic heterocycles. The zero-order chi connectivity index (χ0) is 39.7. The molecule has 0 aromatic carbocycles. The lowest BCUT2D eigenvalue weighted by molar-refractivity contribution is -0.359. The fraction of sp³-hybridized carbons (Fsp3) is 0.875. The number of aliphatic hydroxyl groups excluding tert-OH is 8.